The smallest absolute Gasteiger partial charge is 0.243 e. The van der Waals surface area contributed by atoms with E-state index in [0.717, 1.165) is 16.8 Å². The molecule has 0 saturated heterocycles. The van der Waals surface area contributed by atoms with E-state index >= 15 is 0 Å². The minimum absolute atomic E-state index is 0.163. The summed E-state index contributed by atoms with van der Waals surface area (Å²) in [5, 5.41) is 3.35. The molecule has 0 fully saturated rings. The largest absolute Gasteiger partial charge is 0.362 e. The van der Waals surface area contributed by atoms with Crippen molar-refractivity contribution in [2.45, 2.75) is 32.1 Å². The Morgan fingerprint density at radius 2 is 1.90 bits per heavy atom. The highest BCUT2D eigenvalue weighted by Gasteiger charge is 2.26. The molecule has 3 rings (SSSR count). The van der Waals surface area contributed by atoms with E-state index in [-0.39, 0.29) is 12.5 Å². The molecule has 2 aromatic rings. The molecule has 156 valence electrons. The second kappa shape index (κ2) is 8.73. The Labute approximate surface area is 177 Å². The third-order valence-electron chi connectivity index (χ3n) is 5.12. The Bertz CT molecular complexity index is 1020. The normalized spacial score (nSPS) is 13.6. The summed E-state index contributed by atoms with van der Waals surface area (Å²) in [6, 6.07) is 10.6. The maximum absolute atomic E-state index is 12.7. The van der Waals surface area contributed by atoms with Crippen LogP contribution in [0.3, 0.4) is 0 Å². The molecule has 2 aromatic carbocycles. The quantitative estimate of drug-likeness (QED) is 0.720. The van der Waals surface area contributed by atoms with Crippen molar-refractivity contribution >= 4 is 38.9 Å². The maximum atomic E-state index is 12.7. The lowest BCUT2D eigenvalue weighted by atomic mass is 10.2. The lowest BCUT2D eigenvalue weighted by molar-refractivity contribution is -0.115. The fourth-order valence-corrected chi connectivity index (χ4v) is 5.36. The van der Waals surface area contributed by atoms with E-state index in [4.69, 9.17) is 11.6 Å². The number of hydrogen-bond acceptors (Lipinski definition) is 4. The SMILES string of the molecule is CCN(CC)S(=O)(=O)c1ccc2c(c1)CCN2CC(=O)Nc1ccc(C)cc1Cl. The lowest BCUT2D eigenvalue weighted by Crippen LogP contribution is -2.32. The molecule has 0 aromatic heterocycles. The molecule has 1 N–H and O–H groups in total. The van der Waals surface area contributed by atoms with E-state index in [1.807, 2.05) is 31.7 Å². The molecule has 0 aliphatic carbocycles. The van der Waals surface area contributed by atoms with Crippen LogP contribution in [0.2, 0.25) is 5.02 Å². The number of nitrogens with zero attached hydrogens (tertiary/aromatic N) is 2. The predicted molar refractivity (Wildman–Crippen MR) is 117 cm³/mol. The maximum Gasteiger partial charge on any atom is 0.243 e. The second-order valence-corrected chi connectivity index (χ2v) is 9.43. The fraction of sp³-hybridized carbons (Fsp3) is 0.381. The number of rotatable bonds is 7. The van der Waals surface area contributed by atoms with Gasteiger partial charge in [0.25, 0.3) is 0 Å². The first-order valence-electron chi connectivity index (χ1n) is 9.70. The number of anilines is 2. The van der Waals surface area contributed by atoms with Gasteiger partial charge in [-0.05, 0) is 54.8 Å². The molecule has 0 bridgehead atoms. The molecule has 0 unspecified atom stereocenters. The molecule has 1 aliphatic rings. The van der Waals surface area contributed by atoms with Gasteiger partial charge in [-0.1, -0.05) is 31.5 Å². The van der Waals surface area contributed by atoms with Gasteiger partial charge in [0.15, 0.2) is 0 Å². The summed E-state index contributed by atoms with van der Waals surface area (Å²) in [7, 11) is -3.49. The zero-order chi connectivity index (χ0) is 21.2. The average molecular weight is 436 g/mol. The van der Waals surface area contributed by atoms with Gasteiger partial charge in [0, 0.05) is 25.3 Å². The summed E-state index contributed by atoms with van der Waals surface area (Å²) in [5.41, 5.74) is 3.45. The van der Waals surface area contributed by atoms with Gasteiger partial charge in [0.05, 0.1) is 22.2 Å². The molecule has 1 amide bonds. The number of benzene rings is 2. The summed E-state index contributed by atoms with van der Waals surface area (Å²) >= 11 is 6.19. The van der Waals surface area contributed by atoms with Crippen molar-refractivity contribution in [2.75, 3.05) is 36.4 Å². The van der Waals surface area contributed by atoms with Gasteiger partial charge in [0.2, 0.25) is 15.9 Å². The topological polar surface area (TPSA) is 69.7 Å². The highest BCUT2D eigenvalue weighted by molar-refractivity contribution is 7.89. The zero-order valence-corrected chi connectivity index (χ0v) is 18.5. The van der Waals surface area contributed by atoms with Crippen molar-refractivity contribution in [3.05, 3.63) is 52.5 Å². The minimum Gasteiger partial charge on any atom is -0.362 e. The van der Waals surface area contributed by atoms with Gasteiger partial charge < -0.3 is 10.2 Å². The Morgan fingerprint density at radius 1 is 1.17 bits per heavy atom. The Morgan fingerprint density at radius 3 is 2.55 bits per heavy atom. The van der Waals surface area contributed by atoms with Crippen molar-refractivity contribution in [1.29, 1.82) is 0 Å². The number of halogens is 1. The number of nitrogens with one attached hydrogen (secondary N) is 1. The number of carbonyl (C=O) groups is 1. The monoisotopic (exact) mass is 435 g/mol. The van der Waals surface area contributed by atoms with Crippen LogP contribution >= 0.6 is 11.6 Å². The average Bonchev–Trinajstić information content (AvgIpc) is 3.07. The highest BCUT2D eigenvalue weighted by atomic mass is 35.5. The van der Waals surface area contributed by atoms with Crippen LogP contribution < -0.4 is 10.2 Å². The third-order valence-corrected chi connectivity index (χ3v) is 7.48. The number of sulfonamides is 1. The summed E-state index contributed by atoms with van der Waals surface area (Å²) < 4.78 is 26.9. The second-order valence-electron chi connectivity index (χ2n) is 7.08. The van der Waals surface area contributed by atoms with Crippen LogP contribution in [0.25, 0.3) is 0 Å². The molecule has 1 heterocycles. The van der Waals surface area contributed by atoms with Gasteiger partial charge >= 0.3 is 0 Å². The Hall–Kier alpha value is -2.09. The number of hydrogen-bond donors (Lipinski definition) is 1. The van der Waals surface area contributed by atoms with Crippen LogP contribution in [0, 0.1) is 6.92 Å². The molecule has 8 heteroatoms. The van der Waals surface area contributed by atoms with Crippen LogP contribution in [0.5, 0.6) is 0 Å². The Kier molecular flexibility index (Phi) is 6.51. The zero-order valence-electron chi connectivity index (χ0n) is 16.9. The third kappa shape index (κ3) is 4.57. The van der Waals surface area contributed by atoms with Crippen LogP contribution in [-0.4, -0.2) is 44.8 Å². The fourth-order valence-electron chi connectivity index (χ4n) is 3.57. The summed E-state index contributed by atoms with van der Waals surface area (Å²) in [5.74, 6) is -0.163. The lowest BCUT2D eigenvalue weighted by Gasteiger charge is -2.21. The molecular weight excluding hydrogens is 410 g/mol. The van der Waals surface area contributed by atoms with E-state index in [1.165, 1.54) is 4.31 Å². The summed E-state index contributed by atoms with van der Waals surface area (Å²) in [6.07, 6.45) is 0.704. The first-order chi connectivity index (χ1) is 13.8. The van der Waals surface area contributed by atoms with E-state index < -0.39 is 10.0 Å². The van der Waals surface area contributed by atoms with Gasteiger partial charge in [-0.2, -0.15) is 4.31 Å². The van der Waals surface area contributed by atoms with Crippen LogP contribution in [-0.2, 0) is 21.2 Å². The van der Waals surface area contributed by atoms with Gasteiger partial charge in [-0.15, -0.1) is 0 Å². The van der Waals surface area contributed by atoms with Crippen LogP contribution in [0.15, 0.2) is 41.3 Å². The molecule has 0 atom stereocenters. The first-order valence-corrected chi connectivity index (χ1v) is 11.5. The highest BCUT2D eigenvalue weighted by Crippen LogP contribution is 2.31. The molecule has 29 heavy (non-hydrogen) atoms. The van der Waals surface area contributed by atoms with Crippen molar-refractivity contribution in [3.63, 3.8) is 0 Å². The summed E-state index contributed by atoms with van der Waals surface area (Å²) in [4.78, 5) is 14.8. The molecule has 0 radical (unpaired) electrons. The van der Waals surface area contributed by atoms with Gasteiger partial charge in [0.1, 0.15) is 0 Å². The molecular formula is C21H26ClN3O3S. The van der Waals surface area contributed by atoms with Gasteiger partial charge in [-0.3, -0.25) is 4.79 Å². The van der Waals surface area contributed by atoms with Crippen molar-refractivity contribution in [2.24, 2.45) is 0 Å². The van der Waals surface area contributed by atoms with E-state index in [0.29, 0.717) is 41.7 Å². The van der Waals surface area contributed by atoms with E-state index in [1.54, 1.807) is 30.3 Å². The minimum atomic E-state index is -3.49. The standard InChI is InChI=1S/C21H26ClN3O3S/c1-4-25(5-2)29(27,28)17-7-9-20-16(13-17)10-11-24(20)14-21(26)23-19-8-6-15(3)12-18(19)22/h6-9,12-13H,4-5,10-11,14H2,1-3H3,(H,23,26). The van der Waals surface area contributed by atoms with Crippen LogP contribution in [0.1, 0.15) is 25.0 Å². The van der Waals surface area contributed by atoms with Crippen molar-refractivity contribution in [1.82, 2.24) is 4.31 Å². The van der Waals surface area contributed by atoms with Crippen molar-refractivity contribution < 1.29 is 13.2 Å². The molecule has 0 saturated carbocycles. The summed E-state index contributed by atoms with van der Waals surface area (Å²) in [6.45, 7) is 7.31. The van der Waals surface area contributed by atoms with Crippen molar-refractivity contribution in [3.8, 4) is 0 Å². The van der Waals surface area contributed by atoms with E-state index in [2.05, 4.69) is 5.32 Å². The number of carbonyl (C=O) groups excluding carboxylic acids is 1. The van der Waals surface area contributed by atoms with Crippen LogP contribution in [0.4, 0.5) is 11.4 Å². The molecule has 1 aliphatic heterocycles. The number of aryl methyl sites for hydroxylation is 1. The van der Waals surface area contributed by atoms with E-state index in [9.17, 15) is 13.2 Å². The first kappa shape index (κ1) is 21.6. The Balaban J connectivity index is 1.74. The molecule has 6 nitrogen and oxygen atoms in total. The number of fused-ring (bicyclic) bond motifs is 1. The predicted octanol–water partition coefficient (Wildman–Crippen LogP) is 3.68. The molecule has 0 spiro atoms. The number of amides is 1. The van der Waals surface area contributed by atoms with Gasteiger partial charge in [-0.25, -0.2) is 8.42 Å².